The largest absolute Gasteiger partial charge is 0.419 e. The fourth-order valence-electron chi connectivity index (χ4n) is 3.70. The van der Waals surface area contributed by atoms with Gasteiger partial charge in [-0.15, -0.1) is 11.3 Å². The van der Waals surface area contributed by atoms with E-state index in [1.54, 1.807) is 35.2 Å². The third-order valence-electron chi connectivity index (χ3n) is 5.63. The van der Waals surface area contributed by atoms with Crippen LogP contribution >= 0.6 is 11.3 Å². The minimum atomic E-state index is -0.710. The Balaban J connectivity index is 1.28. The van der Waals surface area contributed by atoms with Gasteiger partial charge in [0.1, 0.15) is 11.2 Å². The number of furan rings is 1. The number of anilines is 2. The highest BCUT2D eigenvalue weighted by Crippen LogP contribution is 2.30. The average Bonchev–Trinajstić information content (AvgIpc) is 3.64. The number of hydrogen-bond acceptors (Lipinski definition) is 8. The van der Waals surface area contributed by atoms with Crippen LogP contribution in [0.25, 0.3) is 11.1 Å². The number of carbonyl (C=O) groups is 3. The molecule has 5 aromatic rings. The van der Waals surface area contributed by atoms with E-state index < -0.39 is 23.4 Å². The van der Waals surface area contributed by atoms with Crippen LogP contribution in [0.3, 0.4) is 0 Å². The molecule has 0 fully saturated rings. The Kier molecular flexibility index (Phi) is 6.62. The number of thiazole rings is 1. The molecule has 5 rings (SSSR count). The van der Waals surface area contributed by atoms with E-state index in [1.165, 1.54) is 17.4 Å². The molecule has 12 heteroatoms. The summed E-state index contributed by atoms with van der Waals surface area (Å²) in [5, 5.41) is 16.6. The highest BCUT2D eigenvalue weighted by atomic mass is 32.1. The molecule has 0 unspecified atom stereocenters. The van der Waals surface area contributed by atoms with E-state index in [0.29, 0.717) is 11.2 Å². The number of para-hydroxylation sites is 1. The second-order valence-corrected chi connectivity index (χ2v) is 9.43. The van der Waals surface area contributed by atoms with E-state index in [4.69, 9.17) is 9.15 Å². The van der Waals surface area contributed by atoms with Gasteiger partial charge in [-0.2, -0.15) is 5.10 Å². The van der Waals surface area contributed by atoms with Crippen molar-refractivity contribution in [3.8, 4) is 5.95 Å². The minimum Gasteiger partial charge on any atom is -0.419 e. The third kappa shape index (κ3) is 5.25. The number of carbonyl (C=O) groups excluding carboxylic acids is 3. The first-order valence-corrected chi connectivity index (χ1v) is 12.4. The van der Waals surface area contributed by atoms with Crippen molar-refractivity contribution in [3.63, 3.8) is 0 Å². The van der Waals surface area contributed by atoms with Gasteiger partial charge in [0.2, 0.25) is 5.58 Å². The number of H-pyrrole nitrogens is 1. The van der Waals surface area contributed by atoms with Crippen molar-refractivity contribution >= 4 is 51.8 Å². The molecule has 0 radical (unpaired) electrons. The fraction of sp³-hybridized carbons (Fsp3) is 0.115. The number of ether oxygens (including phenoxy) is 1. The van der Waals surface area contributed by atoms with Crippen LogP contribution < -0.4 is 20.7 Å². The van der Waals surface area contributed by atoms with Gasteiger partial charge in [0.05, 0.1) is 22.3 Å². The second-order valence-electron chi connectivity index (χ2n) is 8.71. The Morgan fingerprint density at radius 2 is 1.76 bits per heavy atom. The monoisotopic (exact) mass is 530 g/mol. The summed E-state index contributed by atoms with van der Waals surface area (Å²) < 4.78 is 11.0. The molecule has 3 heterocycles. The van der Waals surface area contributed by atoms with E-state index in [9.17, 15) is 14.4 Å². The van der Waals surface area contributed by atoms with Gasteiger partial charge in [0.25, 0.3) is 17.8 Å². The van der Waals surface area contributed by atoms with Crippen LogP contribution in [0.5, 0.6) is 5.95 Å². The summed E-state index contributed by atoms with van der Waals surface area (Å²) in [6.45, 7) is 3.70. The van der Waals surface area contributed by atoms with Crippen LogP contribution in [-0.4, -0.2) is 33.1 Å². The summed E-state index contributed by atoms with van der Waals surface area (Å²) in [5.41, 5.74) is 3.12. The SMILES string of the molecule is CC(C)(NC(=O)Oc1cc2[nH]nc(NC(=O)c3ccccc3NC(=O)c3cscn3)c2o1)c1ccccc1. The Hall–Kier alpha value is -4.97. The molecule has 0 bridgehead atoms. The number of benzene rings is 2. The molecule has 3 aromatic heterocycles. The molecule has 0 aliphatic heterocycles. The summed E-state index contributed by atoms with van der Waals surface area (Å²) in [5.74, 6) is -0.962. The van der Waals surface area contributed by atoms with E-state index in [-0.39, 0.29) is 28.6 Å². The van der Waals surface area contributed by atoms with Gasteiger partial charge in [0.15, 0.2) is 5.82 Å². The summed E-state index contributed by atoms with van der Waals surface area (Å²) in [6, 6.07) is 17.4. The molecule has 3 amide bonds. The highest BCUT2D eigenvalue weighted by molar-refractivity contribution is 7.07. The Bertz CT molecular complexity index is 1610. The lowest BCUT2D eigenvalue weighted by molar-refractivity contribution is 0.102. The van der Waals surface area contributed by atoms with Crippen LogP contribution in [0.2, 0.25) is 0 Å². The van der Waals surface area contributed by atoms with Crippen molar-refractivity contribution in [1.82, 2.24) is 20.5 Å². The molecule has 0 spiro atoms. The predicted octanol–water partition coefficient (Wildman–Crippen LogP) is 5.14. The lowest BCUT2D eigenvalue weighted by Gasteiger charge is -2.25. The van der Waals surface area contributed by atoms with E-state index in [0.717, 1.165) is 5.56 Å². The Morgan fingerprint density at radius 1 is 1.00 bits per heavy atom. The van der Waals surface area contributed by atoms with Crippen LogP contribution in [0.1, 0.15) is 40.3 Å². The molecule has 0 saturated heterocycles. The number of hydrogen-bond donors (Lipinski definition) is 4. The Morgan fingerprint density at radius 3 is 2.53 bits per heavy atom. The van der Waals surface area contributed by atoms with Crippen LogP contribution in [0.15, 0.2) is 76.0 Å². The maximum atomic E-state index is 13.1. The Labute approximate surface area is 220 Å². The van der Waals surface area contributed by atoms with Gasteiger partial charge in [-0.3, -0.25) is 14.7 Å². The number of rotatable bonds is 7. The number of amides is 3. The molecular weight excluding hydrogens is 508 g/mol. The average molecular weight is 531 g/mol. The summed E-state index contributed by atoms with van der Waals surface area (Å²) in [6.07, 6.45) is -0.710. The number of aromatic amines is 1. The van der Waals surface area contributed by atoms with E-state index >= 15 is 0 Å². The van der Waals surface area contributed by atoms with Crippen LogP contribution in [-0.2, 0) is 5.54 Å². The number of nitrogens with one attached hydrogen (secondary N) is 4. The zero-order valence-electron chi connectivity index (χ0n) is 20.3. The smallest absolute Gasteiger partial charge is 0.415 e. The lowest BCUT2D eigenvalue weighted by atomic mass is 9.95. The second kappa shape index (κ2) is 10.2. The van der Waals surface area contributed by atoms with Crippen molar-refractivity contribution in [2.75, 3.05) is 10.6 Å². The summed E-state index contributed by atoms with van der Waals surface area (Å²) in [7, 11) is 0. The maximum absolute atomic E-state index is 13.1. The van der Waals surface area contributed by atoms with Gasteiger partial charge < -0.3 is 25.1 Å². The predicted molar refractivity (Wildman–Crippen MR) is 141 cm³/mol. The van der Waals surface area contributed by atoms with Gasteiger partial charge in [-0.05, 0) is 31.5 Å². The number of nitrogens with zero attached hydrogens (tertiary/aromatic N) is 2. The first kappa shape index (κ1) is 24.7. The maximum Gasteiger partial charge on any atom is 0.415 e. The van der Waals surface area contributed by atoms with Crippen molar-refractivity contribution in [2.45, 2.75) is 19.4 Å². The van der Waals surface area contributed by atoms with Gasteiger partial charge in [-0.25, -0.2) is 9.78 Å². The topological polar surface area (TPSA) is 151 Å². The molecule has 0 atom stereocenters. The molecule has 192 valence electrons. The molecule has 0 aliphatic carbocycles. The first-order chi connectivity index (χ1) is 18.3. The number of aromatic nitrogens is 3. The standard InChI is InChI=1S/C26H22N6O5S/c1-26(2,15-8-4-3-5-9-15)30-25(35)37-20-12-18-21(36-20)22(32-31-18)29-23(33)16-10-6-7-11-17(16)28-24(34)19-13-38-14-27-19/h3-14H,1-2H3,(H,28,34)(H,30,35)(H2,29,31,32,33). The van der Waals surface area contributed by atoms with E-state index in [1.807, 2.05) is 44.2 Å². The highest BCUT2D eigenvalue weighted by Gasteiger charge is 2.25. The third-order valence-corrected chi connectivity index (χ3v) is 6.22. The molecular formula is C26H22N6O5S. The molecule has 38 heavy (non-hydrogen) atoms. The normalized spacial score (nSPS) is 11.2. The molecule has 0 aliphatic rings. The fourth-order valence-corrected chi connectivity index (χ4v) is 4.24. The van der Waals surface area contributed by atoms with E-state index in [2.05, 4.69) is 31.1 Å². The van der Waals surface area contributed by atoms with Crippen molar-refractivity contribution in [3.05, 3.63) is 88.4 Å². The molecule has 0 saturated carbocycles. The first-order valence-electron chi connectivity index (χ1n) is 11.4. The minimum absolute atomic E-state index is 0.0820. The van der Waals surface area contributed by atoms with Gasteiger partial charge >= 0.3 is 6.09 Å². The quantitative estimate of drug-likeness (QED) is 0.227. The van der Waals surface area contributed by atoms with Crippen molar-refractivity contribution < 1.29 is 23.5 Å². The molecule has 11 nitrogen and oxygen atoms in total. The van der Waals surface area contributed by atoms with Crippen LogP contribution in [0.4, 0.5) is 16.3 Å². The zero-order valence-corrected chi connectivity index (χ0v) is 21.1. The van der Waals surface area contributed by atoms with Gasteiger partial charge in [-0.1, -0.05) is 42.5 Å². The summed E-state index contributed by atoms with van der Waals surface area (Å²) in [4.78, 5) is 42.0. The summed E-state index contributed by atoms with van der Waals surface area (Å²) >= 11 is 1.29. The lowest BCUT2D eigenvalue weighted by Crippen LogP contribution is -2.42. The van der Waals surface area contributed by atoms with Gasteiger partial charge in [0, 0.05) is 11.4 Å². The number of fused-ring (bicyclic) bond motifs is 1. The molecule has 4 N–H and O–H groups in total. The zero-order chi connectivity index (χ0) is 26.7. The van der Waals surface area contributed by atoms with Crippen molar-refractivity contribution in [1.29, 1.82) is 0 Å². The molecule has 2 aromatic carbocycles. The van der Waals surface area contributed by atoms with Crippen LogP contribution in [0, 0.1) is 0 Å². The van der Waals surface area contributed by atoms with Crippen molar-refractivity contribution in [2.24, 2.45) is 0 Å².